The van der Waals surface area contributed by atoms with E-state index in [0.29, 0.717) is 65.0 Å². The number of ether oxygens (including phenoxy) is 7. The van der Waals surface area contributed by atoms with Crippen LogP contribution >= 0.6 is 0 Å². The van der Waals surface area contributed by atoms with Crippen LogP contribution in [0.5, 0.6) is 0 Å². The molecule has 0 saturated heterocycles. The van der Waals surface area contributed by atoms with Gasteiger partial charge in [-0.25, -0.2) is 9.59 Å². The van der Waals surface area contributed by atoms with Crippen LogP contribution in [-0.4, -0.2) is 108 Å². The van der Waals surface area contributed by atoms with Crippen LogP contribution in [0.3, 0.4) is 0 Å². The highest BCUT2D eigenvalue weighted by molar-refractivity contribution is 6.32. The van der Waals surface area contributed by atoms with Crippen molar-refractivity contribution in [1.82, 2.24) is 0 Å². The van der Waals surface area contributed by atoms with Crippen molar-refractivity contribution in [2.45, 2.75) is 19.8 Å². The third-order valence-electron chi connectivity index (χ3n) is 3.58. The molecule has 0 aromatic carbocycles. The molecule has 0 aliphatic rings. The van der Waals surface area contributed by atoms with Crippen LogP contribution in [0.1, 0.15) is 19.8 Å². The molecular formula is C21H34O12. The summed E-state index contributed by atoms with van der Waals surface area (Å²) in [5.74, 6) is -3.68. The second kappa shape index (κ2) is 21.5. The Morgan fingerprint density at radius 3 is 1.33 bits per heavy atom. The van der Waals surface area contributed by atoms with E-state index in [1.165, 1.54) is 0 Å². The number of carbonyl (C=O) groups excluding carboxylic acids is 3. The minimum absolute atomic E-state index is 0.0106. The maximum absolute atomic E-state index is 11.3. The first kappa shape index (κ1) is 30.6. The highest BCUT2D eigenvalue weighted by atomic mass is 16.6. The van der Waals surface area contributed by atoms with Gasteiger partial charge in [-0.1, -0.05) is 6.58 Å². The number of carbonyl (C=O) groups is 4. The molecule has 0 unspecified atom stereocenters. The van der Waals surface area contributed by atoms with Crippen molar-refractivity contribution in [3.05, 3.63) is 12.2 Å². The largest absolute Gasteiger partial charge is 0.476 e. The number of Topliss-reactive ketones (excluding diaryl/α,β-unsaturated/α-hetero) is 1. The monoisotopic (exact) mass is 478 g/mol. The number of carboxylic acids is 1. The minimum Gasteiger partial charge on any atom is -0.476 e. The van der Waals surface area contributed by atoms with Gasteiger partial charge in [0.15, 0.2) is 0 Å². The lowest BCUT2D eigenvalue weighted by atomic mass is 10.2. The molecule has 0 spiro atoms. The first-order valence-electron chi connectivity index (χ1n) is 10.5. The van der Waals surface area contributed by atoms with Crippen molar-refractivity contribution in [2.24, 2.45) is 0 Å². The molecule has 33 heavy (non-hydrogen) atoms. The summed E-state index contributed by atoms with van der Waals surface area (Å²) in [5, 5.41) is 8.39. The van der Waals surface area contributed by atoms with Gasteiger partial charge in [0.1, 0.15) is 13.2 Å². The second-order valence-electron chi connectivity index (χ2n) is 6.43. The lowest BCUT2D eigenvalue weighted by Gasteiger charge is -2.08. The predicted octanol–water partition coefficient (Wildman–Crippen LogP) is 0.166. The zero-order valence-electron chi connectivity index (χ0n) is 19.0. The fourth-order valence-corrected chi connectivity index (χ4v) is 1.91. The third-order valence-corrected chi connectivity index (χ3v) is 3.58. The maximum atomic E-state index is 11.3. The molecule has 0 radical (unpaired) electrons. The highest BCUT2D eigenvalue weighted by Crippen LogP contribution is 1.95. The lowest BCUT2D eigenvalue weighted by molar-refractivity contribution is -0.151. The fourth-order valence-electron chi connectivity index (χ4n) is 1.91. The van der Waals surface area contributed by atoms with Gasteiger partial charge in [0.25, 0.3) is 0 Å². The topological polar surface area (TPSA) is 153 Å². The third kappa shape index (κ3) is 21.2. The van der Waals surface area contributed by atoms with E-state index < -0.39 is 23.7 Å². The fraction of sp³-hybridized carbons (Fsp3) is 0.714. The predicted molar refractivity (Wildman–Crippen MR) is 113 cm³/mol. The highest BCUT2D eigenvalue weighted by Gasteiger charge is 2.14. The summed E-state index contributed by atoms with van der Waals surface area (Å²) in [6.07, 6.45) is -0.663. The molecule has 0 aliphatic heterocycles. The summed E-state index contributed by atoms with van der Waals surface area (Å²) in [6.45, 7) is 8.77. The van der Waals surface area contributed by atoms with Crippen LogP contribution < -0.4 is 0 Å². The van der Waals surface area contributed by atoms with Crippen LogP contribution in [0.2, 0.25) is 0 Å². The average molecular weight is 478 g/mol. The smallest absolute Gasteiger partial charge is 0.372 e. The Bertz CT molecular complexity index is 590. The van der Waals surface area contributed by atoms with E-state index in [4.69, 9.17) is 38.3 Å². The first-order valence-corrected chi connectivity index (χ1v) is 10.5. The van der Waals surface area contributed by atoms with Crippen molar-refractivity contribution < 1.29 is 57.4 Å². The molecule has 0 heterocycles. The molecule has 0 atom stereocenters. The summed E-state index contributed by atoms with van der Waals surface area (Å²) in [6, 6.07) is 0. The SMILES string of the molecule is C=C(C)C(=O)OCCOCCOCCOCCOCCOCCOC(=O)CCC(=O)C(=O)O. The number of hydrogen-bond donors (Lipinski definition) is 1. The van der Waals surface area contributed by atoms with Crippen LogP contribution in [0.25, 0.3) is 0 Å². The van der Waals surface area contributed by atoms with Gasteiger partial charge < -0.3 is 38.3 Å². The molecular weight excluding hydrogens is 444 g/mol. The molecule has 190 valence electrons. The van der Waals surface area contributed by atoms with Gasteiger partial charge in [0, 0.05) is 12.0 Å². The van der Waals surface area contributed by atoms with E-state index in [1.807, 2.05) is 0 Å². The standard InChI is InChI=1S/C21H34O12/c1-17(2)21(26)33-16-14-31-12-10-29-8-6-27-5-7-28-9-11-30-13-15-32-19(23)4-3-18(22)20(24)25/h1,3-16H2,2H3,(H,24,25). The van der Waals surface area contributed by atoms with Gasteiger partial charge in [-0.05, 0) is 6.92 Å². The van der Waals surface area contributed by atoms with Crippen molar-refractivity contribution in [3.8, 4) is 0 Å². The lowest BCUT2D eigenvalue weighted by Crippen LogP contribution is -2.17. The Kier molecular flexibility index (Phi) is 19.9. The van der Waals surface area contributed by atoms with Gasteiger partial charge in [0.2, 0.25) is 5.78 Å². The molecule has 0 aromatic rings. The summed E-state index contributed by atoms with van der Waals surface area (Å²) < 4.78 is 36.1. The Labute approximate surface area is 193 Å². The summed E-state index contributed by atoms with van der Waals surface area (Å²) >= 11 is 0. The van der Waals surface area contributed by atoms with Crippen LogP contribution in [0, 0.1) is 0 Å². The zero-order chi connectivity index (χ0) is 24.7. The summed E-state index contributed by atoms with van der Waals surface area (Å²) in [7, 11) is 0. The van der Waals surface area contributed by atoms with Gasteiger partial charge in [-0.3, -0.25) is 9.59 Å². The van der Waals surface area contributed by atoms with Crippen molar-refractivity contribution in [1.29, 1.82) is 0 Å². The van der Waals surface area contributed by atoms with Crippen molar-refractivity contribution in [2.75, 3.05) is 79.3 Å². The zero-order valence-corrected chi connectivity index (χ0v) is 19.0. The van der Waals surface area contributed by atoms with E-state index in [1.54, 1.807) is 6.92 Å². The quantitative estimate of drug-likeness (QED) is 0.0921. The van der Waals surface area contributed by atoms with E-state index in [-0.39, 0.29) is 32.7 Å². The molecule has 1 N–H and O–H groups in total. The van der Waals surface area contributed by atoms with Gasteiger partial charge in [0.05, 0.1) is 72.5 Å². The molecule has 0 bridgehead atoms. The maximum Gasteiger partial charge on any atom is 0.372 e. The van der Waals surface area contributed by atoms with Gasteiger partial charge in [-0.2, -0.15) is 0 Å². The number of rotatable bonds is 23. The number of carboxylic acid groups (broad SMARTS) is 1. The molecule has 0 fully saturated rings. The van der Waals surface area contributed by atoms with Gasteiger partial charge >= 0.3 is 17.9 Å². The van der Waals surface area contributed by atoms with E-state index in [2.05, 4.69) is 6.58 Å². The molecule has 12 heteroatoms. The van der Waals surface area contributed by atoms with Crippen molar-refractivity contribution in [3.63, 3.8) is 0 Å². The molecule has 12 nitrogen and oxygen atoms in total. The average Bonchev–Trinajstić information content (AvgIpc) is 2.78. The van der Waals surface area contributed by atoms with E-state index in [0.717, 1.165) is 0 Å². The van der Waals surface area contributed by atoms with Gasteiger partial charge in [-0.15, -0.1) is 0 Å². The Morgan fingerprint density at radius 2 is 0.970 bits per heavy atom. The molecule has 0 aliphatic carbocycles. The normalized spacial score (nSPS) is 10.6. The number of hydrogen-bond acceptors (Lipinski definition) is 11. The minimum atomic E-state index is -1.57. The first-order chi connectivity index (χ1) is 15.8. The number of ketones is 1. The molecule has 0 aromatic heterocycles. The Morgan fingerprint density at radius 1 is 0.606 bits per heavy atom. The van der Waals surface area contributed by atoms with E-state index >= 15 is 0 Å². The molecule has 0 saturated carbocycles. The van der Waals surface area contributed by atoms with Crippen LogP contribution in [0.4, 0.5) is 0 Å². The second-order valence-corrected chi connectivity index (χ2v) is 6.43. The summed E-state index contributed by atoms with van der Waals surface area (Å²) in [4.78, 5) is 43.6. The Balaban J connectivity index is 3.22. The Hall–Kier alpha value is -2.38. The molecule has 0 rings (SSSR count). The number of aliphatic carboxylic acids is 1. The molecule has 0 amide bonds. The van der Waals surface area contributed by atoms with E-state index in [9.17, 15) is 19.2 Å². The van der Waals surface area contributed by atoms with Crippen LogP contribution in [-0.2, 0) is 52.3 Å². The van der Waals surface area contributed by atoms with Crippen molar-refractivity contribution >= 4 is 23.7 Å². The number of esters is 2. The summed E-state index contributed by atoms with van der Waals surface area (Å²) in [5.41, 5.74) is 0.349. The van der Waals surface area contributed by atoms with Crippen LogP contribution in [0.15, 0.2) is 12.2 Å².